The molecule has 1 aliphatic heterocycles. The maximum absolute atomic E-state index is 11.2. The molecule has 0 aliphatic carbocycles. The number of nitrogens with zero attached hydrogens (tertiary/aromatic N) is 2. The van der Waals surface area contributed by atoms with Crippen molar-refractivity contribution in [1.29, 1.82) is 0 Å². The second kappa shape index (κ2) is 6.00. The topological polar surface area (TPSA) is 42.4 Å². The van der Waals surface area contributed by atoms with Crippen molar-refractivity contribution in [2.24, 2.45) is 0 Å². The fraction of sp³-hybridized carbons (Fsp3) is 0.667. The van der Waals surface area contributed by atoms with E-state index in [2.05, 4.69) is 9.88 Å². The van der Waals surface area contributed by atoms with Crippen molar-refractivity contribution < 1.29 is 9.53 Å². The highest BCUT2D eigenvalue weighted by molar-refractivity contribution is 7.13. The lowest BCUT2D eigenvalue weighted by Crippen LogP contribution is -2.17. The molecule has 0 amide bonds. The molecule has 2 rings (SSSR count). The van der Waals surface area contributed by atoms with Crippen molar-refractivity contribution in [3.63, 3.8) is 0 Å². The van der Waals surface area contributed by atoms with Crippen LogP contribution in [0.25, 0.3) is 0 Å². The molecule has 0 spiro atoms. The maximum Gasteiger partial charge on any atom is 0.306 e. The second-order valence-electron chi connectivity index (χ2n) is 4.12. The first-order valence-electron chi connectivity index (χ1n) is 6.14. The van der Waals surface area contributed by atoms with E-state index in [0.29, 0.717) is 19.4 Å². The minimum absolute atomic E-state index is 0.136. The number of hydrogen-bond donors (Lipinski definition) is 0. The molecule has 4 nitrogen and oxygen atoms in total. The number of anilines is 1. The average molecular weight is 254 g/mol. The van der Waals surface area contributed by atoms with Gasteiger partial charge in [0, 0.05) is 24.9 Å². The molecule has 2 heterocycles. The number of hydrogen-bond acceptors (Lipinski definition) is 5. The molecule has 0 saturated carbocycles. The molecule has 1 aromatic rings. The summed E-state index contributed by atoms with van der Waals surface area (Å²) >= 11 is 1.67. The number of esters is 1. The molecule has 0 aromatic carbocycles. The number of rotatable bonds is 5. The Morgan fingerprint density at radius 2 is 2.29 bits per heavy atom. The third-order valence-electron chi connectivity index (χ3n) is 2.81. The molecule has 0 bridgehead atoms. The van der Waals surface area contributed by atoms with E-state index in [1.54, 1.807) is 11.3 Å². The van der Waals surface area contributed by atoms with Crippen LogP contribution < -0.4 is 4.90 Å². The number of ether oxygens (including phenoxy) is 1. The summed E-state index contributed by atoms with van der Waals surface area (Å²) in [5, 5.41) is 3.15. The van der Waals surface area contributed by atoms with Gasteiger partial charge in [0.15, 0.2) is 5.13 Å². The first kappa shape index (κ1) is 12.4. The van der Waals surface area contributed by atoms with Gasteiger partial charge < -0.3 is 9.64 Å². The average Bonchev–Trinajstić information content (AvgIpc) is 2.97. The summed E-state index contributed by atoms with van der Waals surface area (Å²) in [5.74, 6) is -0.136. The van der Waals surface area contributed by atoms with E-state index in [1.807, 2.05) is 12.3 Å². The Morgan fingerprint density at radius 1 is 1.53 bits per heavy atom. The van der Waals surface area contributed by atoms with Crippen molar-refractivity contribution in [2.45, 2.75) is 32.6 Å². The van der Waals surface area contributed by atoms with Gasteiger partial charge in [-0.3, -0.25) is 4.79 Å². The zero-order valence-corrected chi connectivity index (χ0v) is 11.0. The van der Waals surface area contributed by atoms with Gasteiger partial charge in [-0.15, -0.1) is 11.3 Å². The summed E-state index contributed by atoms with van der Waals surface area (Å²) in [7, 11) is 0. The number of aromatic nitrogens is 1. The van der Waals surface area contributed by atoms with Crippen LogP contribution >= 0.6 is 11.3 Å². The highest BCUT2D eigenvalue weighted by Crippen LogP contribution is 2.24. The Morgan fingerprint density at radius 3 is 3.00 bits per heavy atom. The molecule has 0 radical (unpaired) electrons. The van der Waals surface area contributed by atoms with Gasteiger partial charge in [0.25, 0.3) is 0 Å². The summed E-state index contributed by atoms with van der Waals surface area (Å²) in [6, 6.07) is 0. The Hall–Kier alpha value is -1.10. The van der Waals surface area contributed by atoms with Gasteiger partial charge in [-0.1, -0.05) is 0 Å². The van der Waals surface area contributed by atoms with Gasteiger partial charge in [0.2, 0.25) is 0 Å². The third-order valence-corrected chi connectivity index (χ3v) is 3.76. The molecular weight excluding hydrogens is 236 g/mol. The van der Waals surface area contributed by atoms with E-state index in [9.17, 15) is 4.79 Å². The zero-order valence-electron chi connectivity index (χ0n) is 10.1. The molecule has 5 heteroatoms. The van der Waals surface area contributed by atoms with Crippen molar-refractivity contribution in [3.8, 4) is 0 Å². The minimum atomic E-state index is -0.136. The van der Waals surface area contributed by atoms with Crippen molar-refractivity contribution >= 4 is 22.4 Å². The smallest absolute Gasteiger partial charge is 0.306 e. The van der Waals surface area contributed by atoms with E-state index in [0.717, 1.165) is 23.9 Å². The van der Waals surface area contributed by atoms with Crippen LogP contribution in [0.2, 0.25) is 0 Å². The Bertz CT molecular complexity index is 372. The summed E-state index contributed by atoms with van der Waals surface area (Å²) in [6.07, 6.45) is 3.63. The Balaban J connectivity index is 1.83. The summed E-state index contributed by atoms with van der Waals surface area (Å²) in [5.41, 5.74) is 1.00. The van der Waals surface area contributed by atoms with E-state index in [4.69, 9.17) is 4.74 Å². The molecule has 1 saturated heterocycles. The van der Waals surface area contributed by atoms with Gasteiger partial charge in [-0.05, 0) is 19.8 Å². The highest BCUT2D eigenvalue weighted by atomic mass is 32.1. The van der Waals surface area contributed by atoms with Gasteiger partial charge in [0.1, 0.15) is 0 Å². The monoisotopic (exact) mass is 254 g/mol. The van der Waals surface area contributed by atoms with Crippen LogP contribution in [0, 0.1) is 0 Å². The van der Waals surface area contributed by atoms with Crippen molar-refractivity contribution in [3.05, 3.63) is 11.1 Å². The van der Waals surface area contributed by atoms with Crippen LogP contribution in [0.1, 0.15) is 31.9 Å². The van der Waals surface area contributed by atoms with E-state index >= 15 is 0 Å². The number of aryl methyl sites for hydroxylation is 1. The maximum atomic E-state index is 11.2. The predicted octanol–water partition coefficient (Wildman–Crippen LogP) is 2.24. The second-order valence-corrected chi connectivity index (χ2v) is 4.96. The number of carbonyl (C=O) groups is 1. The van der Waals surface area contributed by atoms with Crippen LogP contribution in [0.5, 0.6) is 0 Å². The quantitative estimate of drug-likeness (QED) is 0.756. The normalized spacial score (nSPS) is 15.2. The molecule has 94 valence electrons. The Labute approximate surface area is 106 Å². The lowest BCUT2D eigenvalue weighted by Gasteiger charge is -2.12. The fourth-order valence-corrected chi connectivity index (χ4v) is 2.84. The number of thiazole rings is 1. The molecule has 1 aromatic heterocycles. The lowest BCUT2D eigenvalue weighted by molar-refractivity contribution is -0.143. The molecule has 0 unspecified atom stereocenters. The molecule has 17 heavy (non-hydrogen) atoms. The standard InChI is InChI=1S/C12H18N2O2S/c1-2-16-11(15)6-5-10-9-17-12(13-10)14-7-3-4-8-14/h9H,2-8H2,1H3. The number of carbonyl (C=O) groups excluding carboxylic acids is 1. The van der Waals surface area contributed by atoms with Gasteiger partial charge in [0.05, 0.1) is 18.7 Å². The summed E-state index contributed by atoms with van der Waals surface area (Å²) in [6.45, 7) is 4.51. The lowest BCUT2D eigenvalue weighted by atomic mass is 10.2. The first-order chi connectivity index (χ1) is 8.29. The zero-order chi connectivity index (χ0) is 12.1. The first-order valence-corrected chi connectivity index (χ1v) is 7.02. The van der Waals surface area contributed by atoms with E-state index in [-0.39, 0.29) is 5.97 Å². The van der Waals surface area contributed by atoms with Crippen LogP contribution in [-0.4, -0.2) is 30.6 Å². The largest absolute Gasteiger partial charge is 0.466 e. The van der Waals surface area contributed by atoms with Crippen LogP contribution in [-0.2, 0) is 16.0 Å². The molecule has 0 N–H and O–H groups in total. The van der Waals surface area contributed by atoms with Crippen LogP contribution in [0.4, 0.5) is 5.13 Å². The molecular formula is C12H18N2O2S. The van der Waals surface area contributed by atoms with Crippen molar-refractivity contribution in [2.75, 3.05) is 24.6 Å². The van der Waals surface area contributed by atoms with Gasteiger partial charge >= 0.3 is 5.97 Å². The molecule has 0 atom stereocenters. The van der Waals surface area contributed by atoms with Gasteiger partial charge in [-0.25, -0.2) is 4.98 Å². The molecule has 1 fully saturated rings. The van der Waals surface area contributed by atoms with E-state index < -0.39 is 0 Å². The van der Waals surface area contributed by atoms with Gasteiger partial charge in [-0.2, -0.15) is 0 Å². The molecule has 1 aliphatic rings. The van der Waals surface area contributed by atoms with Crippen LogP contribution in [0.15, 0.2) is 5.38 Å². The SMILES string of the molecule is CCOC(=O)CCc1csc(N2CCCC2)n1. The summed E-state index contributed by atoms with van der Waals surface area (Å²) in [4.78, 5) is 18.1. The Kier molecular flexibility index (Phi) is 4.36. The third kappa shape index (κ3) is 3.43. The van der Waals surface area contributed by atoms with E-state index in [1.165, 1.54) is 12.8 Å². The van der Waals surface area contributed by atoms with Crippen molar-refractivity contribution in [1.82, 2.24) is 4.98 Å². The van der Waals surface area contributed by atoms with Crippen LogP contribution in [0.3, 0.4) is 0 Å². The summed E-state index contributed by atoms with van der Waals surface area (Å²) < 4.78 is 4.90. The minimum Gasteiger partial charge on any atom is -0.466 e. The fourth-order valence-electron chi connectivity index (χ4n) is 1.93. The highest BCUT2D eigenvalue weighted by Gasteiger charge is 2.15. The predicted molar refractivity (Wildman–Crippen MR) is 68.5 cm³/mol.